The lowest BCUT2D eigenvalue weighted by Crippen LogP contribution is -2.53. The molecule has 3 aliphatic rings. The maximum atomic E-state index is 11.1. The highest BCUT2D eigenvalue weighted by Crippen LogP contribution is 2.52. The average molecular weight is 238 g/mol. The number of hydrogen-bond donors (Lipinski definition) is 2. The normalized spacial score (nSPS) is 42.2. The van der Waals surface area contributed by atoms with Gasteiger partial charge in [0, 0.05) is 30.6 Å². The number of likely N-dealkylation sites (tertiary alicyclic amines) is 1. The lowest BCUT2D eigenvalue weighted by Gasteiger charge is -2.42. The van der Waals surface area contributed by atoms with E-state index in [2.05, 4.69) is 11.8 Å². The smallest absolute Gasteiger partial charge is 0.0856 e. The van der Waals surface area contributed by atoms with Gasteiger partial charge in [-0.25, -0.2) is 0 Å². The number of β-amino-alcohol motifs (C(OH)–C–C–N with tert-alkyl or cyclic N) is 1. The molecule has 0 amide bonds. The molecule has 1 heterocycles. The van der Waals surface area contributed by atoms with Crippen LogP contribution in [0, 0.1) is 5.41 Å². The van der Waals surface area contributed by atoms with Crippen LogP contribution in [0.2, 0.25) is 0 Å². The van der Waals surface area contributed by atoms with Crippen molar-refractivity contribution in [1.29, 1.82) is 0 Å². The molecule has 3 rings (SSSR count). The molecule has 1 aliphatic heterocycles. The highest BCUT2D eigenvalue weighted by molar-refractivity contribution is 5.10. The molecule has 2 saturated carbocycles. The Morgan fingerprint density at radius 1 is 1.29 bits per heavy atom. The Labute approximate surface area is 104 Å². The van der Waals surface area contributed by atoms with Crippen LogP contribution in [0.5, 0.6) is 0 Å². The standard InChI is InChI=1S/C14H26N2O/c1-11-8-14(17,10-16(11)12-4-5-12)13(9-15)6-2-3-7-13/h11-12,17H,2-10,15H2,1H3. The van der Waals surface area contributed by atoms with Gasteiger partial charge in [0.05, 0.1) is 5.60 Å². The van der Waals surface area contributed by atoms with Gasteiger partial charge in [0.1, 0.15) is 0 Å². The minimum Gasteiger partial charge on any atom is -0.388 e. The molecule has 0 spiro atoms. The molecule has 98 valence electrons. The maximum Gasteiger partial charge on any atom is 0.0856 e. The van der Waals surface area contributed by atoms with Crippen molar-refractivity contribution in [1.82, 2.24) is 4.90 Å². The molecular weight excluding hydrogens is 212 g/mol. The van der Waals surface area contributed by atoms with Gasteiger partial charge in [0.25, 0.3) is 0 Å². The van der Waals surface area contributed by atoms with Crippen molar-refractivity contribution in [3.8, 4) is 0 Å². The number of nitrogens with zero attached hydrogens (tertiary/aromatic N) is 1. The summed E-state index contributed by atoms with van der Waals surface area (Å²) in [5.41, 5.74) is 5.54. The highest BCUT2D eigenvalue weighted by atomic mass is 16.3. The van der Waals surface area contributed by atoms with Crippen molar-refractivity contribution in [2.75, 3.05) is 13.1 Å². The van der Waals surface area contributed by atoms with Crippen molar-refractivity contribution in [3.63, 3.8) is 0 Å². The molecule has 0 radical (unpaired) electrons. The van der Waals surface area contributed by atoms with Crippen molar-refractivity contribution in [2.45, 2.75) is 69.6 Å². The molecule has 0 aromatic rings. The van der Waals surface area contributed by atoms with E-state index in [1.165, 1.54) is 25.7 Å². The second-order valence-electron chi connectivity index (χ2n) is 6.68. The molecule has 3 N–H and O–H groups in total. The number of nitrogens with two attached hydrogens (primary N) is 1. The van der Waals surface area contributed by atoms with Gasteiger partial charge in [-0.15, -0.1) is 0 Å². The van der Waals surface area contributed by atoms with Crippen molar-refractivity contribution in [2.24, 2.45) is 11.1 Å². The summed E-state index contributed by atoms with van der Waals surface area (Å²) in [4.78, 5) is 2.54. The number of rotatable bonds is 3. The summed E-state index contributed by atoms with van der Waals surface area (Å²) in [6.45, 7) is 3.81. The fourth-order valence-electron chi connectivity index (χ4n) is 4.32. The Kier molecular flexibility index (Phi) is 2.77. The fraction of sp³-hybridized carbons (Fsp3) is 1.00. The van der Waals surface area contributed by atoms with Crippen molar-refractivity contribution in [3.05, 3.63) is 0 Å². The largest absolute Gasteiger partial charge is 0.388 e. The quantitative estimate of drug-likeness (QED) is 0.783. The van der Waals surface area contributed by atoms with Crippen LogP contribution in [0.3, 0.4) is 0 Å². The van der Waals surface area contributed by atoms with E-state index in [0.29, 0.717) is 12.6 Å². The third-order valence-electron chi connectivity index (χ3n) is 5.60. The van der Waals surface area contributed by atoms with Crippen LogP contribution in [-0.2, 0) is 0 Å². The molecule has 1 saturated heterocycles. The minimum atomic E-state index is -0.514. The summed E-state index contributed by atoms with van der Waals surface area (Å²) < 4.78 is 0. The topological polar surface area (TPSA) is 49.5 Å². The van der Waals surface area contributed by atoms with Crippen LogP contribution in [0.4, 0.5) is 0 Å². The fourth-order valence-corrected chi connectivity index (χ4v) is 4.32. The zero-order chi connectivity index (χ0) is 12.1. The Hall–Kier alpha value is -0.120. The van der Waals surface area contributed by atoms with Gasteiger partial charge >= 0.3 is 0 Å². The van der Waals surface area contributed by atoms with Gasteiger partial charge in [-0.3, -0.25) is 4.90 Å². The van der Waals surface area contributed by atoms with Gasteiger partial charge < -0.3 is 10.8 Å². The summed E-state index contributed by atoms with van der Waals surface area (Å²) in [7, 11) is 0. The third-order valence-corrected chi connectivity index (χ3v) is 5.60. The van der Waals surface area contributed by atoms with Crippen LogP contribution >= 0.6 is 0 Å². The van der Waals surface area contributed by atoms with Crippen LogP contribution in [0.15, 0.2) is 0 Å². The van der Waals surface area contributed by atoms with Gasteiger partial charge in [-0.05, 0) is 39.0 Å². The van der Waals surface area contributed by atoms with Crippen LogP contribution in [-0.4, -0.2) is 40.8 Å². The number of aliphatic hydroxyl groups is 1. The van der Waals surface area contributed by atoms with E-state index in [1.807, 2.05) is 0 Å². The van der Waals surface area contributed by atoms with E-state index >= 15 is 0 Å². The Balaban J connectivity index is 1.81. The lowest BCUT2D eigenvalue weighted by atomic mass is 9.69. The molecule has 2 atom stereocenters. The van der Waals surface area contributed by atoms with Crippen LogP contribution < -0.4 is 5.73 Å². The first-order valence-electron chi connectivity index (χ1n) is 7.28. The van der Waals surface area contributed by atoms with Crippen LogP contribution in [0.25, 0.3) is 0 Å². The van der Waals surface area contributed by atoms with Crippen LogP contribution in [0.1, 0.15) is 51.9 Å². The predicted octanol–water partition coefficient (Wildman–Crippen LogP) is 1.49. The molecule has 3 nitrogen and oxygen atoms in total. The monoisotopic (exact) mass is 238 g/mol. The lowest BCUT2D eigenvalue weighted by molar-refractivity contribution is -0.0694. The second kappa shape index (κ2) is 3.94. The summed E-state index contributed by atoms with van der Waals surface area (Å²) >= 11 is 0. The summed E-state index contributed by atoms with van der Waals surface area (Å²) in [6, 6.07) is 1.30. The molecular formula is C14H26N2O. The molecule has 0 aromatic heterocycles. The van der Waals surface area contributed by atoms with Gasteiger partial charge in [0.15, 0.2) is 0 Å². The zero-order valence-electron chi connectivity index (χ0n) is 11.0. The number of hydrogen-bond acceptors (Lipinski definition) is 3. The van der Waals surface area contributed by atoms with E-state index in [9.17, 15) is 5.11 Å². The van der Waals surface area contributed by atoms with E-state index in [1.54, 1.807) is 0 Å². The maximum absolute atomic E-state index is 11.1. The third kappa shape index (κ3) is 1.74. The molecule has 2 aliphatic carbocycles. The van der Waals surface area contributed by atoms with E-state index in [-0.39, 0.29) is 5.41 Å². The second-order valence-corrected chi connectivity index (χ2v) is 6.68. The summed E-state index contributed by atoms with van der Waals surface area (Å²) in [6.07, 6.45) is 8.35. The Morgan fingerprint density at radius 3 is 2.47 bits per heavy atom. The average Bonchev–Trinajstić information content (AvgIpc) is 2.92. The van der Waals surface area contributed by atoms with Crippen molar-refractivity contribution < 1.29 is 5.11 Å². The Morgan fingerprint density at radius 2 is 1.94 bits per heavy atom. The Bertz CT molecular complexity index is 297. The van der Waals surface area contributed by atoms with Gasteiger partial charge in [-0.1, -0.05) is 12.8 Å². The SMILES string of the molecule is CC1CC(O)(C2(CN)CCCC2)CN1C1CC1. The first-order chi connectivity index (χ1) is 8.10. The van der Waals surface area contributed by atoms with E-state index in [4.69, 9.17) is 5.73 Å². The predicted molar refractivity (Wildman–Crippen MR) is 68.7 cm³/mol. The molecule has 17 heavy (non-hydrogen) atoms. The first kappa shape index (κ1) is 11.9. The summed E-state index contributed by atoms with van der Waals surface area (Å²) in [5, 5.41) is 11.1. The van der Waals surface area contributed by atoms with E-state index < -0.39 is 5.60 Å². The summed E-state index contributed by atoms with van der Waals surface area (Å²) in [5.74, 6) is 0. The zero-order valence-corrected chi connectivity index (χ0v) is 11.0. The first-order valence-corrected chi connectivity index (χ1v) is 7.28. The van der Waals surface area contributed by atoms with E-state index in [0.717, 1.165) is 31.8 Å². The molecule has 3 fully saturated rings. The molecule has 0 aromatic carbocycles. The molecule has 0 bridgehead atoms. The van der Waals surface area contributed by atoms with Gasteiger partial charge in [-0.2, -0.15) is 0 Å². The highest BCUT2D eigenvalue weighted by Gasteiger charge is 2.57. The molecule has 3 heteroatoms. The van der Waals surface area contributed by atoms with Crippen molar-refractivity contribution >= 4 is 0 Å². The molecule has 2 unspecified atom stereocenters. The van der Waals surface area contributed by atoms with Gasteiger partial charge in [0.2, 0.25) is 0 Å². The minimum absolute atomic E-state index is 0.0188.